The molecule has 2 aromatic rings. The molecule has 1 amide bonds. The van der Waals surface area contributed by atoms with E-state index in [1.165, 1.54) is 18.5 Å². The van der Waals surface area contributed by atoms with Gasteiger partial charge in [0.05, 0.1) is 13.7 Å². The first-order valence-corrected chi connectivity index (χ1v) is 10.5. The number of hydrogen-bond acceptors (Lipinski definition) is 6. The molecular formula is C19H24N4O5S. The van der Waals surface area contributed by atoms with Crippen LogP contribution in [-0.4, -0.2) is 64.1 Å². The minimum atomic E-state index is -3.71. The second kappa shape index (κ2) is 8.87. The second-order valence-electron chi connectivity index (χ2n) is 6.62. The molecule has 0 atom stereocenters. The largest absolute Gasteiger partial charge is 0.480 e. The molecule has 1 saturated heterocycles. The molecule has 1 aliphatic heterocycles. The maximum absolute atomic E-state index is 13.3. The van der Waals surface area contributed by atoms with E-state index in [0.29, 0.717) is 5.69 Å². The van der Waals surface area contributed by atoms with Crippen molar-refractivity contribution >= 4 is 21.8 Å². The monoisotopic (exact) mass is 420 g/mol. The maximum Gasteiger partial charge on any atom is 0.279 e. The zero-order valence-corrected chi connectivity index (χ0v) is 17.1. The number of amides is 1. The SMILES string of the molecule is COCCNS(=O)(=O)N1CC(C(=O)Nc2cccnc2OC)(c2ccccc2)C1. The fourth-order valence-corrected chi connectivity index (χ4v) is 4.50. The van der Waals surface area contributed by atoms with Gasteiger partial charge < -0.3 is 14.8 Å². The Hall–Kier alpha value is -2.53. The second-order valence-corrected chi connectivity index (χ2v) is 8.38. The summed E-state index contributed by atoms with van der Waals surface area (Å²) in [5.74, 6) is -0.0348. The number of carbonyl (C=O) groups excluding carboxylic acids is 1. The molecule has 3 rings (SSSR count). The first-order valence-electron chi connectivity index (χ1n) is 9.02. The average molecular weight is 420 g/mol. The predicted octanol–water partition coefficient (Wildman–Crippen LogP) is 0.763. The van der Waals surface area contributed by atoms with Gasteiger partial charge in [0.2, 0.25) is 11.8 Å². The molecule has 9 nitrogen and oxygen atoms in total. The van der Waals surface area contributed by atoms with E-state index >= 15 is 0 Å². The van der Waals surface area contributed by atoms with Crippen LogP contribution in [0.4, 0.5) is 5.69 Å². The van der Waals surface area contributed by atoms with Gasteiger partial charge in [-0.1, -0.05) is 30.3 Å². The van der Waals surface area contributed by atoms with Crippen LogP contribution in [0.5, 0.6) is 5.88 Å². The Labute approximate surface area is 170 Å². The fourth-order valence-electron chi connectivity index (χ4n) is 3.19. The summed E-state index contributed by atoms with van der Waals surface area (Å²) in [6.45, 7) is 0.465. The van der Waals surface area contributed by atoms with Gasteiger partial charge in [-0.2, -0.15) is 17.4 Å². The van der Waals surface area contributed by atoms with Crippen LogP contribution in [0.2, 0.25) is 0 Å². The molecule has 156 valence electrons. The molecule has 1 aromatic carbocycles. The summed E-state index contributed by atoms with van der Waals surface area (Å²) in [6, 6.07) is 12.5. The minimum Gasteiger partial charge on any atom is -0.480 e. The van der Waals surface area contributed by atoms with Crippen molar-refractivity contribution in [3.63, 3.8) is 0 Å². The summed E-state index contributed by atoms with van der Waals surface area (Å²) < 4.78 is 38.8. The first kappa shape index (κ1) is 21.2. The van der Waals surface area contributed by atoms with Crippen LogP contribution in [-0.2, 0) is 25.2 Å². The standard InChI is InChI=1S/C19H24N4O5S/c1-27-12-11-21-29(25,26)23-13-19(14-23,15-7-4-3-5-8-15)18(24)22-16-9-6-10-20-17(16)28-2/h3-10,21H,11-14H2,1-2H3,(H,22,24). The van der Waals surface area contributed by atoms with E-state index in [1.54, 1.807) is 18.3 Å². The third-order valence-corrected chi connectivity index (χ3v) is 6.30. The Kier molecular flexibility index (Phi) is 6.48. The van der Waals surface area contributed by atoms with Crippen LogP contribution in [0.25, 0.3) is 0 Å². The van der Waals surface area contributed by atoms with Crippen molar-refractivity contribution in [2.45, 2.75) is 5.41 Å². The number of aromatic nitrogens is 1. The van der Waals surface area contributed by atoms with Crippen molar-refractivity contribution < 1.29 is 22.7 Å². The number of hydrogen-bond donors (Lipinski definition) is 2. The quantitative estimate of drug-likeness (QED) is 0.580. The van der Waals surface area contributed by atoms with E-state index in [4.69, 9.17) is 9.47 Å². The number of ether oxygens (including phenoxy) is 2. The molecule has 2 heterocycles. The highest BCUT2D eigenvalue weighted by molar-refractivity contribution is 7.87. The Morgan fingerprint density at radius 2 is 1.90 bits per heavy atom. The number of nitrogens with one attached hydrogen (secondary N) is 2. The van der Waals surface area contributed by atoms with Crippen LogP contribution in [0, 0.1) is 0 Å². The van der Waals surface area contributed by atoms with Crippen LogP contribution in [0.1, 0.15) is 5.56 Å². The van der Waals surface area contributed by atoms with Crippen LogP contribution >= 0.6 is 0 Å². The zero-order chi connectivity index (χ0) is 20.9. The Morgan fingerprint density at radius 3 is 2.55 bits per heavy atom. The Balaban J connectivity index is 1.83. The molecule has 29 heavy (non-hydrogen) atoms. The van der Waals surface area contributed by atoms with Gasteiger partial charge >= 0.3 is 0 Å². The molecular weight excluding hydrogens is 396 g/mol. The Bertz CT molecular complexity index is 946. The molecule has 10 heteroatoms. The molecule has 0 spiro atoms. The highest BCUT2D eigenvalue weighted by Crippen LogP contribution is 2.38. The predicted molar refractivity (Wildman–Crippen MR) is 108 cm³/mol. The molecule has 1 aromatic heterocycles. The van der Waals surface area contributed by atoms with Crippen molar-refractivity contribution in [3.8, 4) is 5.88 Å². The zero-order valence-electron chi connectivity index (χ0n) is 16.3. The van der Waals surface area contributed by atoms with Crippen molar-refractivity contribution in [2.24, 2.45) is 0 Å². The van der Waals surface area contributed by atoms with Gasteiger partial charge in [-0.15, -0.1) is 0 Å². The highest BCUT2D eigenvalue weighted by Gasteiger charge is 2.54. The van der Waals surface area contributed by atoms with Crippen molar-refractivity contribution in [1.82, 2.24) is 14.0 Å². The molecule has 0 unspecified atom stereocenters. The van der Waals surface area contributed by atoms with Gasteiger partial charge in [0.15, 0.2) is 0 Å². The summed E-state index contributed by atoms with van der Waals surface area (Å²) in [7, 11) is -0.746. The van der Waals surface area contributed by atoms with E-state index in [-0.39, 0.29) is 38.0 Å². The van der Waals surface area contributed by atoms with E-state index in [0.717, 1.165) is 5.56 Å². The summed E-state index contributed by atoms with van der Waals surface area (Å²) in [5, 5.41) is 2.84. The van der Waals surface area contributed by atoms with E-state index in [2.05, 4.69) is 15.0 Å². The van der Waals surface area contributed by atoms with Crippen LogP contribution in [0.15, 0.2) is 48.7 Å². The lowest BCUT2D eigenvalue weighted by molar-refractivity contribution is -0.125. The molecule has 0 saturated carbocycles. The molecule has 1 aliphatic rings. The number of nitrogens with zero attached hydrogens (tertiary/aromatic N) is 2. The third-order valence-electron chi connectivity index (χ3n) is 4.80. The van der Waals surface area contributed by atoms with Crippen molar-refractivity contribution in [1.29, 1.82) is 0 Å². The third kappa shape index (κ3) is 4.40. The molecule has 0 aliphatic carbocycles. The van der Waals surface area contributed by atoms with Crippen LogP contribution in [0.3, 0.4) is 0 Å². The fraction of sp³-hybridized carbons (Fsp3) is 0.368. The average Bonchev–Trinajstić information content (AvgIpc) is 2.68. The van der Waals surface area contributed by atoms with Crippen LogP contribution < -0.4 is 14.8 Å². The lowest BCUT2D eigenvalue weighted by Gasteiger charge is -2.47. The maximum atomic E-state index is 13.3. The first-order chi connectivity index (χ1) is 13.9. The molecule has 2 N–H and O–H groups in total. The van der Waals surface area contributed by atoms with E-state index < -0.39 is 15.6 Å². The summed E-state index contributed by atoms with van der Waals surface area (Å²) >= 11 is 0. The van der Waals surface area contributed by atoms with Crippen molar-refractivity contribution in [3.05, 3.63) is 54.2 Å². The summed E-state index contributed by atoms with van der Waals surface area (Å²) in [4.78, 5) is 17.3. The number of methoxy groups -OCH3 is 2. The molecule has 0 radical (unpaired) electrons. The van der Waals surface area contributed by atoms with Crippen molar-refractivity contribution in [2.75, 3.05) is 45.8 Å². The van der Waals surface area contributed by atoms with E-state index in [9.17, 15) is 13.2 Å². The van der Waals surface area contributed by atoms with Gasteiger partial charge in [0.1, 0.15) is 11.1 Å². The van der Waals surface area contributed by atoms with Gasteiger partial charge in [-0.25, -0.2) is 4.98 Å². The molecule has 0 bridgehead atoms. The summed E-state index contributed by atoms with van der Waals surface area (Å²) in [5.41, 5.74) is 0.150. The highest BCUT2D eigenvalue weighted by atomic mass is 32.2. The smallest absolute Gasteiger partial charge is 0.279 e. The lowest BCUT2D eigenvalue weighted by atomic mass is 9.74. The molecule has 1 fully saturated rings. The van der Waals surface area contributed by atoms with Gasteiger partial charge in [0, 0.05) is 32.9 Å². The topological polar surface area (TPSA) is 110 Å². The number of rotatable bonds is 9. The number of carbonyl (C=O) groups is 1. The number of benzene rings is 1. The normalized spacial score (nSPS) is 16.1. The Morgan fingerprint density at radius 1 is 1.17 bits per heavy atom. The van der Waals surface area contributed by atoms with Gasteiger partial charge in [-0.3, -0.25) is 4.79 Å². The van der Waals surface area contributed by atoms with Gasteiger partial charge in [-0.05, 0) is 17.7 Å². The number of anilines is 1. The summed E-state index contributed by atoms with van der Waals surface area (Å²) in [6.07, 6.45) is 1.56. The minimum absolute atomic E-state index is 0.0216. The van der Waals surface area contributed by atoms with E-state index in [1.807, 2.05) is 30.3 Å². The van der Waals surface area contributed by atoms with Gasteiger partial charge in [0.25, 0.3) is 10.2 Å². The lowest BCUT2D eigenvalue weighted by Crippen LogP contribution is -2.67. The number of pyridine rings is 1.